The molecule has 0 aliphatic rings. The molecule has 7 heteroatoms. The smallest absolute Gasteiger partial charge is 0.416 e. The monoisotopic (exact) mass is 278 g/mol. The third-order valence-corrected chi connectivity index (χ3v) is 3.02. The van der Waals surface area contributed by atoms with E-state index < -0.39 is 28.5 Å². The van der Waals surface area contributed by atoms with Crippen molar-refractivity contribution in [3.05, 3.63) is 41.3 Å². The van der Waals surface area contributed by atoms with Crippen molar-refractivity contribution in [1.29, 1.82) is 0 Å². The summed E-state index contributed by atoms with van der Waals surface area (Å²) in [6.45, 7) is 0. The van der Waals surface area contributed by atoms with Gasteiger partial charge in [0.15, 0.2) is 0 Å². The summed E-state index contributed by atoms with van der Waals surface area (Å²) in [5.41, 5.74) is -0.889. The Balaban J connectivity index is 2.94. The average molecular weight is 278 g/mol. The van der Waals surface area contributed by atoms with Crippen LogP contribution in [0.25, 0.3) is 0 Å². The van der Waals surface area contributed by atoms with E-state index in [0.717, 1.165) is 36.8 Å². The fraction of sp³-hybridized carbons (Fsp3) is 0.182. The number of carbonyl (C=O) groups excluding carboxylic acids is 1. The molecule has 0 fully saturated rings. The van der Waals surface area contributed by atoms with E-state index in [4.69, 9.17) is 0 Å². The van der Waals surface area contributed by atoms with Crippen molar-refractivity contribution in [3.8, 4) is 0 Å². The van der Waals surface area contributed by atoms with Crippen LogP contribution in [0.5, 0.6) is 0 Å². The van der Waals surface area contributed by atoms with Crippen LogP contribution in [0.2, 0.25) is 0 Å². The number of rotatable bonds is 3. The Bertz CT molecular complexity index is 495. The van der Waals surface area contributed by atoms with E-state index in [-0.39, 0.29) is 4.90 Å². The first-order chi connectivity index (χ1) is 8.34. The van der Waals surface area contributed by atoms with E-state index in [9.17, 15) is 22.2 Å². The minimum absolute atomic E-state index is 0.0371. The Morgan fingerprint density at radius 2 is 2.06 bits per heavy atom. The Kier molecular flexibility index (Phi) is 4.66. The van der Waals surface area contributed by atoms with Crippen LogP contribution in [-0.2, 0) is 26.5 Å². The van der Waals surface area contributed by atoms with Gasteiger partial charge in [0.05, 0.1) is 23.5 Å². The van der Waals surface area contributed by atoms with Crippen LogP contribution in [0.3, 0.4) is 0 Å². The Labute approximate surface area is 104 Å². The maximum absolute atomic E-state index is 12.4. The first-order valence-corrected chi connectivity index (χ1v) is 5.90. The molecule has 1 aromatic rings. The van der Waals surface area contributed by atoms with Crippen LogP contribution >= 0.6 is 0 Å². The molecule has 0 aliphatic heterocycles. The normalized spacial score (nSPS) is 13.6. The van der Waals surface area contributed by atoms with Crippen LogP contribution < -0.4 is 0 Å². The number of methoxy groups -OCH3 is 1. The highest BCUT2D eigenvalue weighted by molar-refractivity contribution is 7.88. The summed E-state index contributed by atoms with van der Waals surface area (Å²) in [7, 11) is -0.693. The highest BCUT2D eigenvalue weighted by Gasteiger charge is 2.30. The standard InChI is InChI=1S/C11H9F3O3S/c1-17-10(15)5-6-18(16)9-4-2-3-8(7-9)11(12,13)14/h2-7H,1H3/b6-5+. The molecule has 0 aromatic heterocycles. The van der Waals surface area contributed by atoms with Gasteiger partial charge in [0.25, 0.3) is 0 Å². The van der Waals surface area contributed by atoms with E-state index in [1.807, 2.05) is 0 Å². The van der Waals surface area contributed by atoms with Gasteiger partial charge < -0.3 is 4.74 Å². The van der Waals surface area contributed by atoms with E-state index in [0.29, 0.717) is 0 Å². The summed E-state index contributed by atoms with van der Waals surface area (Å²) in [6, 6.07) is 4.09. The summed E-state index contributed by atoms with van der Waals surface area (Å²) in [6.07, 6.45) is -3.59. The van der Waals surface area contributed by atoms with Gasteiger partial charge in [-0.2, -0.15) is 13.2 Å². The topological polar surface area (TPSA) is 43.4 Å². The quantitative estimate of drug-likeness (QED) is 0.630. The Morgan fingerprint density at radius 1 is 1.39 bits per heavy atom. The SMILES string of the molecule is COC(=O)/C=C/S(=O)c1cccc(C(F)(F)F)c1. The lowest BCUT2D eigenvalue weighted by molar-refractivity contribution is -0.138. The summed E-state index contributed by atoms with van der Waals surface area (Å²) >= 11 is 0. The summed E-state index contributed by atoms with van der Waals surface area (Å²) in [4.78, 5) is 10.7. The fourth-order valence-corrected chi connectivity index (χ4v) is 1.91. The van der Waals surface area contributed by atoms with Gasteiger partial charge in [-0.25, -0.2) is 9.00 Å². The third-order valence-electron chi connectivity index (χ3n) is 1.92. The molecular weight excluding hydrogens is 269 g/mol. The number of benzene rings is 1. The minimum atomic E-state index is -4.49. The molecule has 0 bridgehead atoms. The lowest BCUT2D eigenvalue weighted by Crippen LogP contribution is -2.05. The van der Waals surface area contributed by atoms with E-state index in [1.54, 1.807) is 0 Å². The first kappa shape index (κ1) is 14.4. The van der Waals surface area contributed by atoms with Crippen molar-refractivity contribution in [2.24, 2.45) is 0 Å². The van der Waals surface area contributed by atoms with E-state index >= 15 is 0 Å². The third kappa shape index (κ3) is 3.99. The Morgan fingerprint density at radius 3 is 2.61 bits per heavy atom. The minimum Gasteiger partial charge on any atom is -0.466 e. The number of hydrogen-bond acceptors (Lipinski definition) is 3. The van der Waals surface area contributed by atoms with Crippen molar-refractivity contribution in [1.82, 2.24) is 0 Å². The second-order valence-corrected chi connectivity index (χ2v) is 4.49. The second kappa shape index (κ2) is 5.81. The van der Waals surface area contributed by atoms with Gasteiger partial charge >= 0.3 is 12.1 Å². The van der Waals surface area contributed by atoms with Crippen LogP contribution in [0.4, 0.5) is 13.2 Å². The zero-order chi connectivity index (χ0) is 13.8. The summed E-state index contributed by atoms with van der Waals surface area (Å²) < 4.78 is 53.1. The molecule has 0 saturated carbocycles. The first-order valence-electron chi connectivity index (χ1n) is 4.68. The Hall–Kier alpha value is -1.63. The molecule has 0 aliphatic carbocycles. The van der Waals surface area contributed by atoms with Crippen molar-refractivity contribution in [2.45, 2.75) is 11.1 Å². The molecule has 18 heavy (non-hydrogen) atoms. The molecule has 1 rings (SSSR count). The largest absolute Gasteiger partial charge is 0.466 e. The number of carbonyl (C=O) groups is 1. The summed E-state index contributed by atoms with van der Waals surface area (Å²) in [5, 5.41) is 0.974. The molecule has 0 amide bonds. The number of hydrogen-bond donors (Lipinski definition) is 0. The average Bonchev–Trinajstić information content (AvgIpc) is 2.34. The molecule has 0 N–H and O–H groups in total. The highest BCUT2D eigenvalue weighted by Crippen LogP contribution is 2.30. The maximum Gasteiger partial charge on any atom is 0.416 e. The molecule has 0 spiro atoms. The second-order valence-electron chi connectivity index (χ2n) is 3.15. The van der Waals surface area contributed by atoms with Crippen molar-refractivity contribution >= 4 is 16.8 Å². The molecule has 0 saturated heterocycles. The van der Waals surface area contributed by atoms with Crippen LogP contribution in [-0.4, -0.2) is 17.3 Å². The molecule has 0 radical (unpaired) electrons. The molecular formula is C11H9F3O3S. The number of alkyl halides is 3. The predicted molar refractivity (Wildman–Crippen MR) is 59.0 cm³/mol. The van der Waals surface area contributed by atoms with Gasteiger partial charge in [0.2, 0.25) is 0 Å². The van der Waals surface area contributed by atoms with Crippen LogP contribution in [0.1, 0.15) is 5.56 Å². The molecule has 1 aromatic carbocycles. The van der Waals surface area contributed by atoms with Gasteiger partial charge in [-0.1, -0.05) is 6.07 Å². The van der Waals surface area contributed by atoms with Crippen LogP contribution in [0, 0.1) is 0 Å². The molecule has 1 atom stereocenters. The zero-order valence-electron chi connectivity index (χ0n) is 9.23. The van der Waals surface area contributed by atoms with Gasteiger partial charge in [-0.15, -0.1) is 0 Å². The highest BCUT2D eigenvalue weighted by atomic mass is 32.2. The number of esters is 1. The number of halogens is 3. The van der Waals surface area contributed by atoms with Crippen molar-refractivity contribution in [2.75, 3.05) is 7.11 Å². The molecule has 98 valence electrons. The maximum atomic E-state index is 12.4. The molecule has 0 heterocycles. The lowest BCUT2D eigenvalue weighted by atomic mass is 10.2. The van der Waals surface area contributed by atoms with Gasteiger partial charge in [0, 0.05) is 16.4 Å². The van der Waals surface area contributed by atoms with E-state index in [2.05, 4.69) is 4.74 Å². The van der Waals surface area contributed by atoms with Crippen molar-refractivity contribution < 1.29 is 26.9 Å². The van der Waals surface area contributed by atoms with E-state index in [1.165, 1.54) is 6.07 Å². The van der Waals surface area contributed by atoms with Crippen LogP contribution in [0.15, 0.2) is 40.6 Å². The fourth-order valence-electron chi connectivity index (χ4n) is 1.06. The van der Waals surface area contributed by atoms with Gasteiger partial charge in [-0.3, -0.25) is 0 Å². The lowest BCUT2D eigenvalue weighted by Gasteiger charge is -2.07. The van der Waals surface area contributed by atoms with Gasteiger partial charge in [0.1, 0.15) is 0 Å². The zero-order valence-corrected chi connectivity index (χ0v) is 10.0. The van der Waals surface area contributed by atoms with Gasteiger partial charge in [-0.05, 0) is 18.2 Å². The van der Waals surface area contributed by atoms with Crippen molar-refractivity contribution in [3.63, 3.8) is 0 Å². The molecule has 1 unspecified atom stereocenters. The summed E-state index contributed by atoms with van der Waals surface area (Å²) in [5.74, 6) is -0.727. The predicted octanol–water partition coefficient (Wildman–Crippen LogP) is 2.50. The molecule has 3 nitrogen and oxygen atoms in total. The number of ether oxygens (including phenoxy) is 1.